The van der Waals surface area contributed by atoms with Crippen molar-refractivity contribution >= 4 is 17.3 Å². The maximum absolute atomic E-state index is 13.3. The fraction of sp³-hybridized carbons (Fsp3) is 0.0909. The number of halogens is 1. The lowest BCUT2D eigenvalue weighted by Gasteiger charge is -2.09. The molecule has 0 radical (unpaired) electrons. The highest BCUT2D eigenvalue weighted by Crippen LogP contribution is 2.22. The molecule has 16 heavy (non-hydrogen) atoms. The van der Waals surface area contributed by atoms with Crippen LogP contribution in [0.2, 0.25) is 0 Å². The first-order valence-electron chi connectivity index (χ1n) is 4.77. The smallest absolute Gasteiger partial charge is 0.173 e. The Bertz CT molecular complexity index is 513. The van der Waals surface area contributed by atoms with Crippen LogP contribution in [0.4, 0.5) is 21.7 Å². The Morgan fingerprint density at radius 1 is 1.25 bits per heavy atom. The van der Waals surface area contributed by atoms with Gasteiger partial charge in [0.15, 0.2) is 11.6 Å². The molecule has 3 N–H and O–H groups in total. The van der Waals surface area contributed by atoms with Gasteiger partial charge >= 0.3 is 0 Å². The topological polar surface area (TPSA) is 63.8 Å². The predicted octanol–water partition coefficient (Wildman–Crippen LogP) is 2.25. The van der Waals surface area contributed by atoms with Crippen molar-refractivity contribution in [3.05, 3.63) is 42.0 Å². The molecule has 2 rings (SSSR count). The highest BCUT2D eigenvalue weighted by Gasteiger charge is 2.06. The van der Waals surface area contributed by atoms with Crippen molar-refractivity contribution in [2.24, 2.45) is 0 Å². The lowest BCUT2D eigenvalue weighted by Crippen LogP contribution is -2.02. The van der Waals surface area contributed by atoms with Crippen molar-refractivity contribution in [1.82, 2.24) is 9.97 Å². The molecule has 1 aromatic carbocycles. The van der Waals surface area contributed by atoms with Crippen molar-refractivity contribution in [3.8, 4) is 0 Å². The zero-order valence-electron chi connectivity index (χ0n) is 8.74. The first kappa shape index (κ1) is 10.4. The first-order valence-corrected chi connectivity index (χ1v) is 4.77. The van der Waals surface area contributed by atoms with E-state index in [0.717, 1.165) is 0 Å². The van der Waals surface area contributed by atoms with Crippen molar-refractivity contribution in [3.63, 3.8) is 0 Å². The lowest BCUT2D eigenvalue weighted by molar-refractivity contribution is 0.619. The molecule has 0 amide bonds. The van der Waals surface area contributed by atoms with Gasteiger partial charge in [0.2, 0.25) is 0 Å². The second-order valence-corrected chi connectivity index (χ2v) is 3.33. The molecule has 0 saturated heterocycles. The standard InChI is InChI=1S/C11H11FN4/c1-7-8(12)3-2-4-9(7)16-11-10(13)14-5-6-15-11/h2-6H,1H3,(H2,13,14)(H,15,16). The summed E-state index contributed by atoms with van der Waals surface area (Å²) in [6.07, 6.45) is 3.02. The van der Waals surface area contributed by atoms with Crippen LogP contribution in [0.25, 0.3) is 0 Å². The summed E-state index contributed by atoms with van der Waals surface area (Å²) >= 11 is 0. The Kier molecular flexibility index (Phi) is 2.68. The van der Waals surface area contributed by atoms with E-state index >= 15 is 0 Å². The monoisotopic (exact) mass is 218 g/mol. The maximum Gasteiger partial charge on any atom is 0.173 e. The number of nitrogens with one attached hydrogen (secondary N) is 1. The van der Waals surface area contributed by atoms with Gasteiger partial charge in [0.25, 0.3) is 0 Å². The van der Waals surface area contributed by atoms with Gasteiger partial charge in [0.1, 0.15) is 5.82 Å². The quantitative estimate of drug-likeness (QED) is 0.811. The Hall–Kier alpha value is -2.17. The summed E-state index contributed by atoms with van der Waals surface area (Å²) < 4.78 is 13.3. The minimum Gasteiger partial charge on any atom is -0.381 e. The number of rotatable bonds is 2. The summed E-state index contributed by atoms with van der Waals surface area (Å²) in [4.78, 5) is 7.91. The fourth-order valence-electron chi connectivity index (χ4n) is 1.32. The van der Waals surface area contributed by atoms with E-state index in [1.165, 1.54) is 18.5 Å². The summed E-state index contributed by atoms with van der Waals surface area (Å²) in [5, 5.41) is 2.94. The van der Waals surface area contributed by atoms with E-state index in [0.29, 0.717) is 17.1 Å². The Labute approximate surface area is 92.3 Å². The zero-order chi connectivity index (χ0) is 11.5. The van der Waals surface area contributed by atoms with Crippen LogP contribution in [-0.4, -0.2) is 9.97 Å². The van der Waals surface area contributed by atoms with Crippen LogP contribution in [0.15, 0.2) is 30.6 Å². The minimum atomic E-state index is -0.271. The third-order valence-corrected chi connectivity index (χ3v) is 2.25. The molecule has 1 aromatic heterocycles. The molecule has 82 valence electrons. The van der Waals surface area contributed by atoms with Gasteiger partial charge in [-0.1, -0.05) is 6.07 Å². The third-order valence-electron chi connectivity index (χ3n) is 2.25. The van der Waals surface area contributed by atoms with Gasteiger partial charge in [-0.05, 0) is 19.1 Å². The first-order chi connectivity index (χ1) is 7.68. The number of anilines is 3. The van der Waals surface area contributed by atoms with Crippen LogP contribution < -0.4 is 11.1 Å². The van der Waals surface area contributed by atoms with E-state index in [1.807, 2.05) is 0 Å². The van der Waals surface area contributed by atoms with E-state index in [9.17, 15) is 4.39 Å². The summed E-state index contributed by atoms with van der Waals surface area (Å²) in [7, 11) is 0. The van der Waals surface area contributed by atoms with Gasteiger partial charge in [-0.15, -0.1) is 0 Å². The third kappa shape index (κ3) is 1.93. The van der Waals surface area contributed by atoms with Gasteiger partial charge < -0.3 is 11.1 Å². The molecule has 0 aliphatic rings. The van der Waals surface area contributed by atoms with Gasteiger partial charge in [0.05, 0.1) is 0 Å². The zero-order valence-corrected chi connectivity index (χ0v) is 8.74. The maximum atomic E-state index is 13.3. The van der Waals surface area contributed by atoms with Crippen molar-refractivity contribution < 1.29 is 4.39 Å². The summed E-state index contributed by atoms with van der Waals surface area (Å²) in [5.74, 6) is 0.440. The lowest BCUT2D eigenvalue weighted by atomic mass is 10.2. The number of nitrogens with zero attached hydrogens (tertiary/aromatic N) is 2. The van der Waals surface area contributed by atoms with E-state index in [-0.39, 0.29) is 11.6 Å². The molecule has 0 aliphatic carbocycles. The Balaban J connectivity index is 2.35. The van der Waals surface area contributed by atoms with Gasteiger partial charge in [-0.3, -0.25) is 0 Å². The van der Waals surface area contributed by atoms with Gasteiger partial charge in [0, 0.05) is 23.6 Å². The number of nitrogen functional groups attached to an aromatic ring is 1. The molecule has 0 spiro atoms. The second kappa shape index (κ2) is 4.14. The Morgan fingerprint density at radius 2 is 2.00 bits per heavy atom. The number of hydrogen-bond acceptors (Lipinski definition) is 4. The van der Waals surface area contributed by atoms with E-state index < -0.39 is 0 Å². The molecular weight excluding hydrogens is 207 g/mol. The van der Waals surface area contributed by atoms with Crippen LogP contribution in [0.5, 0.6) is 0 Å². The summed E-state index contributed by atoms with van der Waals surface area (Å²) in [5.41, 5.74) is 6.78. The molecule has 0 fully saturated rings. The van der Waals surface area contributed by atoms with Crippen molar-refractivity contribution in [2.75, 3.05) is 11.1 Å². The largest absolute Gasteiger partial charge is 0.381 e. The normalized spacial score (nSPS) is 10.1. The highest BCUT2D eigenvalue weighted by atomic mass is 19.1. The number of nitrogens with two attached hydrogens (primary N) is 1. The predicted molar refractivity (Wildman–Crippen MR) is 60.9 cm³/mol. The van der Waals surface area contributed by atoms with Crippen molar-refractivity contribution in [1.29, 1.82) is 0 Å². The fourth-order valence-corrected chi connectivity index (χ4v) is 1.32. The molecular formula is C11H11FN4. The molecule has 0 unspecified atom stereocenters. The van der Waals surface area contributed by atoms with Gasteiger partial charge in [-0.2, -0.15) is 0 Å². The summed E-state index contributed by atoms with van der Waals surface area (Å²) in [6.45, 7) is 1.68. The van der Waals surface area contributed by atoms with Crippen LogP contribution >= 0.6 is 0 Å². The van der Waals surface area contributed by atoms with Crippen LogP contribution in [-0.2, 0) is 0 Å². The number of aromatic nitrogens is 2. The van der Waals surface area contributed by atoms with Crippen LogP contribution in [0, 0.1) is 12.7 Å². The second-order valence-electron chi connectivity index (χ2n) is 3.33. The SMILES string of the molecule is Cc1c(F)cccc1Nc1nccnc1N. The molecule has 5 heteroatoms. The van der Waals surface area contributed by atoms with E-state index in [4.69, 9.17) is 5.73 Å². The summed E-state index contributed by atoms with van der Waals surface area (Å²) in [6, 6.07) is 4.78. The molecule has 0 aliphatic heterocycles. The van der Waals surface area contributed by atoms with E-state index in [1.54, 1.807) is 19.1 Å². The molecule has 0 atom stereocenters. The molecule has 4 nitrogen and oxygen atoms in total. The van der Waals surface area contributed by atoms with Crippen LogP contribution in [0.3, 0.4) is 0 Å². The minimum absolute atomic E-state index is 0.271. The number of hydrogen-bond donors (Lipinski definition) is 2. The molecule has 0 saturated carbocycles. The Morgan fingerprint density at radius 3 is 2.75 bits per heavy atom. The highest BCUT2D eigenvalue weighted by molar-refractivity contribution is 5.67. The van der Waals surface area contributed by atoms with Crippen molar-refractivity contribution in [2.45, 2.75) is 6.92 Å². The van der Waals surface area contributed by atoms with Gasteiger partial charge in [-0.25, -0.2) is 14.4 Å². The van der Waals surface area contributed by atoms with E-state index in [2.05, 4.69) is 15.3 Å². The average Bonchev–Trinajstić information content (AvgIpc) is 2.28. The van der Waals surface area contributed by atoms with Crippen LogP contribution in [0.1, 0.15) is 5.56 Å². The molecule has 0 bridgehead atoms. The molecule has 2 aromatic rings. The number of benzene rings is 1. The average molecular weight is 218 g/mol. The molecule has 1 heterocycles.